The average Bonchev–Trinajstić information content (AvgIpc) is 2.04. The molecule has 0 heterocycles. The van der Waals surface area contributed by atoms with E-state index in [2.05, 4.69) is 15.9 Å². The molecule has 0 aliphatic heterocycles. The van der Waals surface area contributed by atoms with Crippen molar-refractivity contribution >= 4 is 27.9 Å². The number of hydrogen-bond acceptors (Lipinski definition) is 2. The molecule has 0 amide bonds. The van der Waals surface area contributed by atoms with Gasteiger partial charge in [-0.05, 0) is 19.3 Å². The molecule has 0 bridgehead atoms. The Kier molecular flexibility index (Phi) is 2.95. The van der Waals surface area contributed by atoms with E-state index < -0.39 is 22.2 Å². The molecule has 1 aliphatic carbocycles. The highest BCUT2D eigenvalue weighted by molar-refractivity contribution is 9.10. The minimum Gasteiger partial charge on any atom is -0.481 e. The zero-order chi connectivity index (χ0) is 10.1. The van der Waals surface area contributed by atoms with Crippen molar-refractivity contribution in [3.8, 4) is 0 Å². The molecule has 74 valence electrons. The van der Waals surface area contributed by atoms with E-state index in [9.17, 15) is 9.59 Å². The Labute approximate surface area is 84.1 Å². The largest absolute Gasteiger partial charge is 0.481 e. The lowest BCUT2D eigenvalue weighted by Crippen LogP contribution is -2.39. The van der Waals surface area contributed by atoms with Crippen LogP contribution in [0.1, 0.15) is 25.7 Å². The summed E-state index contributed by atoms with van der Waals surface area (Å²) < 4.78 is -1.02. The molecule has 5 heteroatoms. The average molecular weight is 251 g/mol. The molecule has 0 spiro atoms. The Bertz CT molecular complexity index is 240. The first-order valence-corrected chi connectivity index (χ1v) is 4.90. The molecule has 1 rings (SSSR count). The summed E-state index contributed by atoms with van der Waals surface area (Å²) in [6, 6.07) is 0. The number of carbonyl (C=O) groups is 2. The molecule has 1 saturated carbocycles. The lowest BCUT2D eigenvalue weighted by atomic mass is 9.81. The van der Waals surface area contributed by atoms with E-state index in [-0.39, 0.29) is 6.42 Å². The predicted molar refractivity (Wildman–Crippen MR) is 48.9 cm³/mol. The van der Waals surface area contributed by atoms with Crippen LogP contribution in [-0.2, 0) is 9.59 Å². The monoisotopic (exact) mass is 250 g/mol. The number of hydrogen-bond donors (Lipinski definition) is 2. The van der Waals surface area contributed by atoms with Gasteiger partial charge in [-0.25, -0.2) is 0 Å². The van der Waals surface area contributed by atoms with Crippen LogP contribution < -0.4 is 0 Å². The molecule has 0 aromatic rings. The maximum Gasteiger partial charge on any atom is 0.320 e. The van der Waals surface area contributed by atoms with Crippen LogP contribution in [0.25, 0.3) is 0 Å². The molecule has 2 N–H and O–H groups in total. The van der Waals surface area contributed by atoms with Gasteiger partial charge >= 0.3 is 11.9 Å². The van der Waals surface area contributed by atoms with Crippen molar-refractivity contribution in [2.75, 3.05) is 0 Å². The predicted octanol–water partition coefficient (Wildman–Crippen LogP) is 1.48. The van der Waals surface area contributed by atoms with Gasteiger partial charge in [0.1, 0.15) is 4.32 Å². The van der Waals surface area contributed by atoms with E-state index in [1.165, 1.54) is 0 Å². The molecular weight excluding hydrogens is 240 g/mol. The van der Waals surface area contributed by atoms with Gasteiger partial charge < -0.3 is 10.2 Å². The molecule has 2 atom stereocenters. The first kappa shape index (κ1) is 10.5. The minimum absolute atomic E-state index is 0.178. The Hall–Kier alpha value is -0.580. The second kappa shape index (κ2) is 3.65. The summed E-state index contributed by atoms with van der Waals surface area (Å²) >= 11 is 3.11. The summed E-state index contributed by atoms with van der Waals surface area (Å²) in [4.78, 5) is 21.5. The SMILES string of the molecule is O=C(O)C1CCCC(Br)(C(=O)O)C1. The van der Waals surface area contributed by atoms with Gasteiger partial charge in [-0.1, -0.05) is 22.4 Å². The molecule has 4 nitrogen and oxygen atoms in total. The second-order valence-electron chi connectivity index (χ2n) is 3.40. The molecule has 0 aromatic heterocycles. The van der Waals surface area contributed by atoms with Gasteiger partial charge in [-0.3, -0.25) is 9.59 Å². The first-order valence-electron chi connectivity index (χ1n) is 4.11. The van der Waals surface area contributed by atoms with Crippen LogP contribution in [0.5, 0.6) is 0 Å². The van der Waals surface area contributed by atoms with Gasteiger partial charge in [0, 0.05) is 0 Å². The molecule has 2 unspecified atom stereocenters. The molecule has 1 aliphatic rings. The van der Waals surface area contributed by atoms with Gasteiger partial charge in [0.05, 0.1) is 5.92 Å². The third-order valence-electron chi connectivity index (χ3n) is 2.43. The molecule has 0 radical (unpaired) electrons. The zero-order valence-corrected chi connectivity index (χ0v) is 8.58. The van der Waals surface area contributed by atoms with Gasteiger partial charge in [-0.2, -0.15) is 0 Å². The normalized spacial score (nSPS) is 34.1. The second-order valence-corrected chi connectivity index (χ2v) is 4.92. The van der Waals surface area contributed by atoms with Crippen LogP contribution in [0.4, 0.5) is 0 Å². The van der Waals surface area contributed by atoms with Crippen molar-refractivity contribution in [3.63, 3.8) is 0 Å². The highest BCUT2D eigenvalue weighted by Gasteiger charge is 2.42. The lowest BCUT2D eigenvalue weighted by molar-refractivity contribution is -0.146. The summed E-state index contributed by atoms with van der Waals surface area (Å²) in [5.41, 5.74) is 0. The van der Waals surface area contributed by atoms with E-state index in [1.807, 2.05) is 0 Å². The van der Waals surface area contributed by atoms with Crippen LogP contribution in [0.15, 0.2) is 0 Å². The fraction of sp³-hybridized carbons (Fsp3) is 0.750. The summed E-state index contributed by atoms with van der Waals surface area (Å²) in [6.07, 6.45) is 1.91. The Morgan fingerprint density at radius 3 is 2.46 bits per heavy atom. The van der Waals surface area contributed by atoms with Crippen LogP contribution in [0, 0.1) is 5.92 Å². The quantitative estimate of drug-likeness (QED) is 0.729. The molecule has 1 fully saturated rings. The molecule has 0 saturated heterocycles. The number of rotatable bonds is 2. The fourth-order valence-corrected chi connectivity index (χ4v) is 2.30. The van der Waals surface area contributed by atoms with Crippen LogP contribution in [0.2, 0.25) is 0 Å². The number of alkyl halides is 1. The number of carboxylic acid groups (broad SMARTS) is 2. The highest BCUT2D eigenvalue weighted by Crippen LogP contribution is 2.39. The van der Waals surface area contributed by atoms with Gasteiger partial charge in [0.15, 0.2) is 0 Å². The van der Waals surface area contributed by atoms with E-state index in [0.29, 0.717) is 19.3 Å². The van der Waals surface area contributed by atoms with Crippen LogP contribution >= 0.6 is 15.9 Å². The van der Waals surface area contributed by atoms with Crippen molar-refractivity contribution in [2.45, 2.75) is 30.0 Å². The number of carboxylic acids is 2. The summed E-state index contributed by atoms with van der Waals surface area (Å²) in [5, 5.41) is 17.6. The Balaban J connectivity index is 2.71. The van der Waals surface area contributed by atoms with Crippen molar-refractivity contribution in [1.29, 1.82) is 0 Å². The van der Waals surface area contributed by atoms with Gasteiger partial charge in [0.25, 0.3) is 0 Å². The fourth-order valence-electron chi connectivity index (χ4n) is 1.63. The smallest absolute Gasteiger partial charge is 0.320 e. The topological polar surface area (TPSA) is 74.6 Å². The van der Waals surface area contributed by atoms with Crippen molar-refractivity contribution < 1.29 is 19.8 Å². The van der Waals surface area contributed by atoms with Crippen LogP contribution in [-0.4, -0.2) is 26.5 Å². The Morgan fingerprint density at radius 1 is 1.38 bits per heavy atom. The maximum atomic E-state index is 10.8. The van der Waals surface area contributed by atoms with Gasteiger partial charge in [-0.15, -0.1) is 0 Å². The maximum absolute atomic E-state index is 10.8. The van der Waals surface area contributed by atoms with Crippen LogP contribution in [0.3, 0.4) is 0 Å². The zero-order valence-electron chi connectivity index (χ0n) is 6.99. The first-order chi connectivity index (χ1) is 5.96. The highest BCUT2D eigenvalue weighted by atomic mass is 79.9. The minimum atomic E-state index is -1.02. The molecule has 13 heavy (non-hydrogen) atoms. The van der Waals surface area contributed by atoms with Crippen molar-refractivity contribution in [1.82, 2.24) is 0 Å². The van der Waals surface area contributed by atoms with E-state index in [4.69, 9.17) is 10.2 Å². The van der Waals surface area contributed by atoms with E-state index >= 15 is 0 Å². The van der Waals surface area contributed by atoms with Crippen molar-refractivity contribution in [2.24, 2.45) is 5.92 Å². The Morgan fingerprint density at radius 2 is 2.00 bits per heavy atom. The number of aliphatic carboxylic acids is 2. The third kappa shape index (κ3) is 2.21. The molecular formula is C8H11BrO4. The number of halogens is 1. The third-order valence-corrected chi connectivity index (χ3v) is 3.49. The van der Waals surface area contributed by atoms with E-state index in [1.54, 1.807) is 0 Å². The summed E-state index contributed by atoms with van der Waals surface area (Å²) in [7, 11) is 0. The van der Waals surface area contributed by atoms with E-state index in [0.717, 1.165) is 0 Å². The summed E-state index contributed by atoms with van der Waals surface area (Å²) in [6.45, 7) is 0. The lowest BCUT2D eigenvalue weighted by Gasteiger charge is -2.30. The van der Waals surface area contributed by atoms with Gasteiger partial charge in [0.2, 0.25) is 0 Å². The standard InChI is InChI=1S/C8H11BrO4/c9-8(7(12)13)3-1-2-5(4-8)6(10)11/h5H,1-4H2,(H,10,11)(H,12,13). The molecule has 0 aromatic carbocycles. The van der Waals surface area contributed by atoms with Crippen molar-refractivity contribution in [3.05, 3.63) is 0 Å². The summed E-state index contributed by atoms with van der Waals surface area (Å²) in [5.74, 6) is -2.38.